The minimum absolute atomic E-state index is 0. The van der Waals surface area contributed by atoms with Crippen LogP contribution in [0.2, 0.25) is 0 Å². The van der Waals surface area contributed by atoms with E-state index in [4.69, 9.17) is 0 Å². The summed E-state index contributed by atoms with van der Waals surface area (Å²) in [5.41, 5.74) is 0. The smallest absolute Gasteiger partial charge is 0.0768 e. The van der Waals surface area contributed by atoms with Crippen molar-refractivity contribution in [2.24, 2.45) is 0 Å². The molecular weight excluding hydrogens is 314 g/mol. The first kappa shape index (κ1) is 26.5. The molecule has 0 aromatic carbocycles. The molecule has 0 aliphatic rings. The fraction of sp³-hybridized carbons (Fsp3) is 1.00. The fourth-order valence-electron chi connectivity index (χ4n) is 3.53. The number of halogens is 1. The first-order valence-corrected chi connectivity index (χ1v) is 11.1. The van der Waals surface area contributed by atoms with E-state index in [1.165, 1.54) is 122 Å². The number of hydrogen-bond acceptors (Lipinski definition) is 0. The first-order valence-electron chi connectivity index (χ1n) is 11.1. The summed E-state index contributed by atoms with van der Waals surface area (Å²) in [7, 11) is 2.34. The molecule has 2 heteroatoms. The second kappa shape index (κ2) is 23.2. The summed E-state index contributed by atoms with van der Waals surface area (Å²) < 4.78 is 0. The van der Waals surface area contributed by atoms with Crippen molar-refractivity contribution in [3.63, 3.8) is 0 Å². The molecule has 1 nitrogen and oxygen atoms in total. The lowest BCUT2D eigenvalue weighted by Gasteiger charge is -2.12. The highest BCUT2D eigenvalue weighted by Gasteiger charge is 1.99. The van der Waals surface area contributed by atoms with E-state index in [1.807, 2.05) is 0 Å². The summed E-state index contributed by atoms with van der Waals surface area (Å²) in [4.78, 5) is 1.72. The third-order valence-electron chi connectivity index (χ3n) is 5.13. The van der Waals surface area contributed by atoms with E-state index >= 15 is 0 Å². The Bertz CT molecular complexity index is 208. The molecule has 0 spiro atoms. The van der Waals surface area contributed by atoms with Crippen LogP contribution in [0.25, 0.3) is 0 Å². The molecule has 0 saturated heterocycles. The van der Waals surface area contributed by atoms with Gasteiger partial charge in [0.25, 0.3) is 0 Å². The van der Waals surface area contributed by atoms with Crippen LogP contribution < -0.4 is 17.3 Å². The fourth-order valence-corrected chi connectivity index (χ4v) is 3.53. The van der Waals surface area contributed by atoms with Gasteiger partial charge in [0.15, 0.2) is 0 Å². The molecule has 24 heavy (non-hydrogen) atoms. The molecule has 1 N–H and O–H groups in total. The van der Waals surface area contributed by atoms with Gasteiger partial charge in [0.05, 0.1) is 20.1 Å². The zero-order valence-electron chi connectivity index (χ0n) is 17.3. The highest BCUT2D eigenvalue weighted by Crippen LogP contribution is 2.13. The van der Waals surface area contributed by atoms with Crippen molar-refractivity contribution in [3.8, 4) is 0 Å². The quantitative estimate of drug-likeness (QED) is 0.337. The number of quaternary nitrogens is 1. The Labute approximate surface area is 160 Å². The SMILES string of the molecule is CCCCCCCCCCCCCCCCCC[NH+](C)CCC.[Cl-]. The standard InChI is InChI=1S/C22H47N.ClH/c1-4-6-7-8-9-10-11-12-13-14-15-16-17-18-19-20-22-23(3)21-5-2;/h4-22H2,1-3H3;1H. The molecule has 0 bridgehead atoms. The van der Waals surface area contributed by atoms with Crippen molar-refractivity contribution in [2.45, 2.75) is 123 Å². The van der Waals surface area contributed by atoms with Crippen LogP contribution in [0.5, 0.6) is 0 Å². The van der Waals surface area contributed by atoms with Crippen LogP contribution in [0.1, 0.15) is 123 Å². The van der Waals surface area contributed by atoms with Gasteiger partial charge in [0.2, 0.25) is 0 Å². The summed E-state index contributed by atoms with van der Waals surface area (Å²) in [6.07, 6.45) is 24.8. The third kappa shape index (κ3) is 22.2. The number of rotatable bonds is 19. The zero-order chi connectivity index (χ0) is 17.0. The molecule has 0 fully saturated rings. The lowest BCUT2D eigenvalue weighted by molar-refractivity contribution is -0.879. The second-order valence-corrected chi connectivity index (χ2v) is 7.76. The third-order valence-corrected chi connectivity index (χ3v) is 5.13. The van der Waals surface area contributed by atoms with Gasteiger partial charge in [-0.05, 0) is 19.3 Å². The van der Waals surface area contributed by atoms with Crippen molar-refractivity contribution in [1.29, 1.82) is 0 Å². The molecule has 0 aromatic rings. The Morgan fingerprint density at radius 1 is 0.417 bits per heavy atom. The van der Waals surface area contributed by atoms with Gasteiger partial charge in [0, 0.05) is 0 Å². The summed E-state index contributed by atoms with van der Waals surface area (Å²) >= 11 is 0. The van der Waals surface area contributed by atoms with E-state index in [-0.39, 0.29) is 12.4 Å². The van der Waals surface area contributed by atoms with Crippen molar-refractivity contribution in [1.82, 2.24) is 0 Å². The van der Waals surface area contributed by atoms with Crippen LogP contribution in [0.4, 0.5) is 0 Å². The molecule has 0 amide bonds. The van der Waals surface area contributed by atoms with Crippen LogP contribution in [0.15, 0.2) is 0 Å². The van der Waals surface area contributed by atoms with Gasteiger partial charge in [-0.1, -0.05) is 104 Å². The maximum atomic E-state index is 2.34. The van der Waals surface area contributed by atoms with Crippen LogP contribution in [0, 0.1) is 0 Å². The molecule has 1 unspecified atom stereocenters. The topological polar surface area (TPSA) is 4.44 Å². The molecule has 0 rings (SSSR count). The minimum Gasteiger partial charge on any atom is -1.00 e. The lowest BCUT2D eigenvalue weighted by atomic mass is 10.0. The van der Waals surface area contributed by atoms with Gasteiger partial charge >= 0.3 is 0 Å². The maximum Gasteiger partial charge on any atom is 0.0768 e. The molecule has 0 aromatic heterocycles. The largest absolute Gasteiger partial charge is 1.00 e. The number of hydrogen-bond donors (Lipinski definition) is 1. The van der Waals surface area contributed by atoms with Crippen LogP contribution in [0.3, 0.4) is 0 Å². The van der Waals surface area contributed by atoms with Gasteiger partial charge in [-0.2, -0.15) is 0 Å². The van der Waals surface area contributed by atoms with Gasteiger partial charge in [0.1, 0.15) is 0 Å². The predicted molar refractivity (Wildman–Crippen MR) is 106 cm³/mol. The maximum absolute atomic E-state index is 2.34. The average molecular weight is 362 g/mol. The summed E-state index contributed by atoms with van der Waals surface area (Å²) in [5, 5.41) is 0. The Morgan fingerprint density at radius 2 is 0.750 bits per heavy atom. The highest BCUT2D eigenvalue weighted by molar-refractivity contribution is 4.49. The van der Waals surface area contributed by atoms with Gasteiger partial charge in [-0.15, -0.1) is 0 Å². The van der Waals surface area contributed by atoms with Crippen molar-refractivity contribution >= 4 is 0 Å². The Hall–Kier alpha value is 0.250. The average Bonchev–Trinajstić information content (AvgIpc) is 2.54. The molecule has 148 valence electrons. The Morgan fingerprint density at radius 3 is 1.08 bits per heavy atom. The monoisotopic (exact) mass is 361 g/mol. The normalized spacial score (nSPS) is 12.1. The molecule has 0 radical (unpaired) electrons. The summed E-state index contributed by atoms with van der Waals surface area (Å²) in [6.45, 7) is 7.31. The van der Waals surface area contributed by atoms with Crippen molar-refractivity contribution < 1.29 is 17.3 Å². The van der Waals surface area contributed by atoms with Crippen molar-refractivity contribution in [2.75, 3.05) is 20.1 Å². The van der Waals surface area contributed by atoms with Crippen LogP contribution in [-0.4, -0.2) is 20.1 Å². The molecular formula is C22H48ClN. The zero-order valence-corrected chi connectivity index (χ0v) is 18.1. The molecule has 0 saturated carbocycles. The van der Waals surface area contributed by atoms with E-state index in [0.29, 0.717) is 0 Å². The van der Waals surface area contributed by atoms with E-state index in [0.717, 1.165) is 0 Å². The molecule has 0 heterocycles. The Kier molecular flexibility index (Phi) is 25.7. The second-order valence-electron chi connectivity index (χ2n) is 7.76. The van der Waals surface area contributed by atoms with E-state index in [2.05, 4.69) is 20.9 Å². The van der Waals surface area contributed by atoms with Gasteiger partial charge < -0.3 is 17.3 Å². The summed E-state index contributed by atoms with van der Waals surface area (Å²) in [5.74, 6) is 0. The number of nitrogens with one attached hydrogen (secondary N) is 1. The van der Waals surface area contributed by atoms with E-state index in [1.54, 1.807) is 4.90 Å². The predicted octanol–water partition coefficient (Wildman–Crippen LogP) is 3.18. The van der Waals surface area contributed by atoms with Crippen LogP contribution >= 0.6 is 0 Å². The van der Waals surface area contributed by atoms with Crippen LogP contribution in [-0.2, 0) is 0 Å². The van der Waals surface area contributed by atoms with E-state index in [9.17, 15) is 0 Å². The van der Waals surface area contributed by atoms with Gasteiger partial charge in [-0.25, -0.2) is 0 Å². The summed E-state index contributed by atoms with van der Waals surface area (Å²) in [6, 6.07) is 0. The lowest BCUT2D eigenvalue weighted by Crippen LogP contribution is -3.08. The highest BCUT2D eigenvalue weighted by atomic mass is 35.5. The Balaban J connectivity index is 0. The molecule has 0 aliphatic heterocycles. The van der Waals surface area contributed by atoms with E-state index < -0.39 is 0 Å². The molecule has 1 atom stereocenters. The minimum atomic E-state index is 0. The molecule has 0 aliphatic carbocycles. The number of unbranched alkanes of at least 4 members (excludes halogenated alkanes) is 15. The van der Waals surface area contributed by atoms with Crippen molar-refractivity contribution in [3.05, 3.63) is 0 Å². The van der Waals surface area contributed by atoms with Gasteiger partial charge in [-0.3, -0.25) is 0 Å². The first-order chi connectivity index (χ1) is 11.3.